The van der Waals surface area contributed by atoms with E-state index in [0.29, 0.717) is 17.1 Å². The Balaban J connectivity index is 1.59. The lowest BCUT2D eigenvalue weighted by Crippen LogP contribution is -2.48. The van der Waals surface area contributed by atoms with Crippen LogP contribution in [0.5, 0.6) is 0 Å². The molecule has 0 aromatic heterocycles. The molecule has 2 fully saturated rings. The van der Waals surface area contributed by atoms with Gasteiger partial charge < -0.3 is 5.32 Å². The standard InChI is InChI=1S/C19H27ClN2O3S/c20-17-10-8-15(9-11-17)14-26(24,25)22-12-4-5-16(13-22)19(23)21-18-6-2-1-3-7-18/h8-11,16,18H,1-7,12-14H2,(H,21,23). The molecular formula is C19H27ClN2O3S. The summed E-state index contributed by atoms with van der Waals surface area (Å²) in [6, 6.07) is 7.12. The lowest BCUT2D eigenvalue weighted by atomic mass is 9.93. The summed E-state index contributed by atoms with van der Waals surface area (Å²) in [5.74, 6) is -0.282. The van der Waals surface area contributed by atoms with Crippen molar-refractivity contribution in [2.75, 3.05) is 13.1 Å². The van der Waals surface area contributed by atoms with Crippen LogP contribution in [0.25, 0.3) is 0 Å². The number of nitrogens with one attached hydrogen (secondary N) is 1. The Kier molecular flexibility index (Phi) is 6.59. The summed E-state index contributed by atoms with van der Waals surface area (Å²) in [6.45, 7) is 0.775. The number of rotatable bonds is 5. The fraction of sp³-hybridized carbons (Fsp3) is 0.632. The number of amides is 1. The molecule has 1 saturated heterocycles. The van der Waals surface area contributed by atoms with Crippen LogP contribution >= 0.6 is 11.6 Å². The van der Waals surface area contributed by atoms with E-state index in [1.165, 1.54) is 10.7 Å². The van der Waals surface area contributed by atoms with Crippen LogP contribution in [0, 0.1) is 5.92 Å². The number of carbonyl (C=O) groups is 1. The van der Waals surface area contributed by atoms with Gasteiger partial charge in [-0.1, -0.05) is 43.0 Å². The highest BCUT2D eigenvalue weighted by Gasteiger charge is 2.33. The first-order valence-electron chi connectivity index (χ1n) is 9.47. The molecular weight excluding hydrogens is 372 g/mol. The normalized spacial score (nSPS) is 22.9. The number of piperidine rings is 1. The molecule has 144 valence electrons. The Morgan fingerprint density at radius 2 is 1.77 bits per heavy atom. The summed E-state index contributed by atoms with van der Waals surface area (Å²) < 4.78 is 27.0. The Labute approximate surface area is 161 Å². The molecule has 0 radical (unpaired) electrons. The van der Waals surface area contributed by atoms with E-state index in [0.717, 1.165) is 38.5 Å². The predicted molar refractivity (Wildman–Crippen MR) is 103 cm³/mol. The Hall–Kier alpha value is -1.11. The summed E-state index contributed by atoms with van der Waals surface area (Å²) in [6.07, 6.45) is 7.13. The van der Waals surface area contributed by atoms with Crippen molar-refractivity contribution in [3.63, 3.8) is 0 Å². The zero-order chi connectivity index (χ0) is 18.6. The number of hydrogen-bond acceptors (Lipinski definition) is 3. The molecule has 1 aromatic rings. The summed E-state index contributed by atoms with van der Waals surface area (Å²) >= 11 is 5.86. The molecule has 1 saturated carbocycles. The van der Waals surface area contributed by atoms with Crippen molar-refractivity contribution < 1.29 is 13.2 Å². The van der Waals surface area contributed by atoms with Gasteiger partial charge >= 0.3 is 0 Å². The largest absolute Gasteiger partial charge is 0.353 e. The number of benzene rings is 1. The number of halogens is 1. The van der Waals surface area contributed by atoms with Crippen LogP contribution in [0.2, 0.25) is 5.02 Å². The second-order valence-corrected chi connectivity index (χ2v) is 9.83. The van der Waals surface area contributed by atoms with Gasteiger partial charge in [-0.25, -0.2) is 12.7 Å². The fourth-order valence-corrected chi connectivity index (χ4v) is 5.59. The SMILES string of the molecule is O=C(NC1CCCCC1)C1CCCN(S(=O)(=O)Cc2ccc(Cl)cc2)C1. The minimum Gasteiger partial charge on any atom is -0.353 e. The first-order valence-corrected chi connectivity index (χ1v) is 11.5. The smallest absolute Gasteiger partial charge is 0.224 e. The minimum absolute atomic E-state index is 0.0169. The molecule has 2 aliphatic rings. The average Bonchev–Trinajstić information content (AvgIpc) is 2.64. The highest BCUT2D eigenvalue weighted by atomic mass is 35.5. The lowest BCUT2D eigenvalue weighted by Gasteiger charge is -2.32. The van der Waals surface area contributed by atoms with Gasteiger partial charge in [0.2, 0.25) is 15.9 Å². The van der Waals surface area contributed by atoms with Crippen molar-refractivity contribution in [3.8, 4) is 0 Å². The molecule has 1 heterocycles. The zero-order valence-corrected chi connectivity index (χ0v) is 16.6. The molecule has 0 bridgehead atoms. The second kappa shape index (κ2) is 8.72. The van der Waals surface area contributed by atoms with Gasteiger partial charge in [-0.2, -0.15) is 0 Å². The maximum atomic E-state index is 12.8. The van der Waals surface area contributed by atoms with Crippen LogP contribution in [-0.4, -0.2) is 37.8 Å². The van der Waals surface area contributed by atoms with Crippen molar-refractivity contribution >= 4 is 27.5 Å². The molecule has 5 nitrogen and oxygen atoms in total. The van der Waals surface area contributed by atoms with Crippen molar-refractivity contribution in [1.29, 1.82) is 0 Å². The first-order chi connectivity index (χ1) is 12.4. The van der Waals surface area contributed by atoms with E-state index >= 15 is 0 Å². The van der Waals surface area contributed by atoms with E-state index in [1.54, 1.807) is 24.3 Å². The number of carbonyl (C=O) groups excluding carboxylic acids is 1. The molecule has 3 rings (SSSR count). The third-order valence-corrected chi connectivity index (χ3v) is 7.43. The van der Waals surface area contributed by atoms with E-state index in [1.807, 2.05) is 0 Å². The van der Waals surface area contributed by atoms with Gasteiger partial charge in [0, 0.05) is 24.2 Å². The first kappa shape index (κ1) is 19.6. The summed E-state index contributed by atoms with van der Waals surface area (Å²) in [5, 5.41) is 3.73. The van der Waals surface area contributed by atoms with Crippen molar-refractivity contribution in [1.82, 2.24) is 9.62 Å². The maximum absolute atomic E-state index is 12.8. The van der Waals surface area contributed by atoms with E-state index in [4.69, 9.17) is 11.6 Å². The maximum Gasteiger partial charge on any atom is 0.224 e. The second-order valence-electron chi connectivity index (χ2n) is 7.42. The highest BCUT2D eigenvalue weighted by molar-refractivity contribution is 7.88. The quantitative estimate of drug-likeness (QED) is 0.827. The molecule has 1 atom stereocenters. The van der Waals surface area contributed by atoms with Crippen LogP contribution in [0.15, 0.2) is 24.3 Å². The van der Waals surface area contributed by atoms with E-state index in [9.17, 15) is 13.2 Å². The highest BCUT2D eigenvalue weighted by Crippen LogP contribution is 2.24. The molecule has 1 unspecified atom stereocenters. The summed E-state index contributed by atoms with van der Waals surface area (Å²) in [7, 11) is -3.44. The third kappa shape index (κ3) is 5.21. The van der Waals surface area contributed by atoms with Crippen LogP contribution in [0.3, 0.4) is 0 Å². The molecule has 26 heavy (non-hydrogen) atoms. The fourth-order valence-electron chi connectivity index (χ4n) is 3.86. The van der Waals surface area contributed by atoms with Gasteiger partial charge in [-0.15, -0.1) is 0 Å². The van der Waals surface area contributed by atoms with Gasteiger partial charge in [0.1, 0.15) is 0 Å². The van der Waals surface area contributed by atoms with Crippen LogP contribution in [0.4, 0.5) is 0 Å². The number of sulfonamides is 1. The van der Waals surface area contributed by atoms with Gasteiger partial charge in [-0.3, -0.25) is 4.79 Å². The summed E-state index contributed by atoms with van der Waals surface area (Å²) in [5.41, 5.74) is 0.711. The van der Waals surface area contributed by atoms with Crippen LogP contribution in [0.1, 0.15) is 50.5 Å². The molecule has 1 aliphatic heterocycles. The Morgan fingerprint density at radius 3 is 2.46 bits per heavy atom. The van der Waals surface area contributed by atoms with E-state index in [-0.39, 0.29) is 30.2 Å². The van der Waals surface area contributed by atoms with Crippen LogP contribution in [-0.2, 0) is 20.6 Å². The predicted octanol–water partition coefficient (Wildman–Crippen LogP) is 3.33. The molecule has 1 aromatic carbocycles. The number of nitrogens with zero attached hydrogens (tertiary/aromatic N) is 1. The third-order valence-electron chi connectivity index (χ3n) is 5.36. The lowest BCUT2D eigenvalue weighted by molar-refractivity contribution is -0.127. The minimum atomic E-state index is -3.44. The van der Waals surface area contributed by atoms with E-state index < -0.39 is 10.0 Å². The zero-order valence-electron chi connectivity index (χ0n) is 15.0. The Bertz CT molecular complexity index is 715. The monoisotopic (exact) mass is 398 g/mol. The van der Waals surface area contributed by atoms with Gasteiger partial charge in [0.25, 0.3) is 0 Å². The molecule has 1 amide bonds. The van der Waals surface area contributed by atoms with Crippen molar-refractivity contribution in [3.05, 3.63) is 34.9 Å². The van der Waals surface area contributed by atoms with Crippen molar-refractivity contribution in [2.24, 2.45) is 5.92 Å². The Morgan fingerprint density at radius 1 is 1.08 bits per heavy atom. The van der Waals surface area contributed by atoms with E-state index in [2.05, 4.69) is 5.32 Å². The molecule has 1 N–H and O–H groups in total. The van der Waals surface area contributed by atoms with Gasteiger partial charge in [0.15, 0.2) is 0 Å². The molecule has 7 heteroatoms. The average molecular weight is 399 g/mol. The van der Waals surface area contributed by atoms with Crippen molar-refractivity contribution in [2.45, 2.75) is 56.7 Å². The van der Waals surface area contributed by atoms with Gasteiger partial charge in [-0.05, 0) is 43.4 Å². The molecule has 1 aliphatic carbocycles. The topological polar surface area (TPSA) is 66.5 Å². The molecule has 0 spiro atoms. The van der Waals surface area contributed by atoms with Gasteiger partial charge in [0.05, 0.1) is 11.7 Å². The van der Waals surface area contributed by atoms with Crippen LogP contribution < -0.4 is 5.32 Å². The number of hydrogen-bond donors (Lipinski definition) is 1. The summed E-state index contributed by atoms with van der Waals surface area (Å²) in [4.78, 5) is 12.6.